The summed E-state index contributed by atoms with van der Waals surface area (Å²) in [6.45, 7) is 0. The number of benzene rings is 1. The van der Waals surface area contributed by atoms with Crippen LogP contribution in [0.1, 0.15) is 37.7 Å². The Morgan fingerprint density at radius 2 is 1.39 bits per heavy atom. The predicted octanol–water partition coefficient (Wildman–Crippen LogP) is -2.42. The Balaban J connectivity index is 2.19. The maximum atomic E-state index is 13.1. The van der Waals surface area contributed by atoms with E-state index in [9.17, 15) is 38.7 Å². The average Bonchev–Trinajstić information content (AvgIpc) is 3.30. The number of aliphatic carboxylic acids is 2. The number of hydrogen-bond acceptors (Lipinski definition) is 8. The number of H-pyrrole nitrogens is 1. The molecule has 0 spiro atoms. The number of aromatic nitrogens is 1. The number of rotatable bonds is 17. The first-order chi connectivity index (χ1) is 19.3. The Bertz CT molecular complexity index is 1310. The molecule has 0 bridgehead atoms. The van der Waals surface area contributed by atoms with Gasteiger partial charge in [0.05, 0.1) is 12.5 Å². The van der Waals surface area contributed by atoms with Crippen LogP contribution >= 0.6 is 0 Å². The summed E-state index contributed by atoms with van der Waals surface area (Å²) in [7, 11) is 0. The van der Waals surface area contributed by atoms with E-state index in [2.05, 4.69) is 20.9 Å². The molecule has 222 valence electrons. The van der Waals surface area contributed by atoms with Crippen LogP contribution in [0, 0.1) is 0 Å². The molecule has 16 heteroatoms. The van der Waals surface area contributed by atoms with Gasteiger partial charge < -0.3 is 48.3 Å². The minimum Gasteiger partial charge on any atom is -0.481 e. The summed E-state index contributed by atoms with van der Waals surface area (Å²) >= 11 is 0. The number of nitrogens with one attached hydrogen (secondary N) is 4. The number of primary amides is 2. The smallest absolute Gasteiger partial charge is 0.326 e. The molecule has 0 radical (unpaired) electrons. The summed E-state index contributed by atoms with van der Waals surface area (Å²) in [5.74, 6) is -7.34. The van der Waals surface area contributed by atoms with E-state index in [-0.39, 0.29) is 25.7 Å². The lowest BCUT2D eigenvalue weighted by Crippen LogP contribution is -2.58. The molecule has 0 aliphatic carbocycles. The van der Waals surface area contributed by atoms with E-state index < -0.39 is 78.5 Å². The van der Waals surface area contributed by atoms with Gasteiger partial charge in [-0.15, -0.1) is 0 Å². The Hall–Kier alpha value is -4.99. The minimum absolute atomic E-state index is 0.115. The SMILES string of the molecule is NC(=O)CCC(NC(=O)C(CC(N)=O)NC(=O)C(N)CCC(=O)O)C(=O)NC(Cc1c[nH]c2ccccc12)C(=O)O. The van der Waals surface area contributed by atoms with E-state index in [1.165, 1.54) is 0 Å². The molecule has 0 saturated carbocycles. The zero-order valence-corrected chi connectivity index (χ0v) is 21.9. The highest BCUT2D eigenvalue weighted by atomic mass is 16.4. The van der Waals surface area contributed by atoms with Gasteiger partial charge in [-0.05, 0) is 24.5 Å². The van der Waals surface area contributed by atoms with E-state index in [0.29, 0.717) is 5.56 Å². The van der Waals surface area contributed by atoms with Crippen molar-refractivity contribution in [3.8, 4) is 0 Å². The molecule has 1 aromatic heterocycles. The van der Waals surface area contributed by atoms with Crippen LogP contribution in [0.25, 0.3) is 10.9 Å². The Kier molecular flexibility index (Phi) is 11.8. The summed E-state index contributed by atoms with van der Waals surface area (Å²) in [6, 6.07) is 1.27. The number of carbonyl (C=O) groups excluding carboxylic acids is 5. The topological polar surface area (TPSA) is 290 Å². The van der Waals surface area contributed by atoms with Crippen molar-refractivity contribution >= 4 is 52.4 Å². The van der Waals surface area contributed by atoms with Crippen LogP contribution < -0.4 is 33.2 Å². The molecule has 0 saturated heterocycles. The van der Waals surface area contributed by atoms with Gasteiger partial charge in [0.1, 0.15) is 18.1 Å². The molecule has 2 aromatic rings. The van der Waals surface area contributed by atoms with Crippen molar-refractivity contribution in [3.05, 3.63) is 36.0 Å². The van der Waals surface area contributed by atoms with Crippen molar-refractivity contribution in [2.45, 2.75) is 62.7 Å². The van der Waals surface area contributed by atoms with Crippen molar-refractivity contribution in [1.29, 1.82) is 0 Å². The van der Waals surface area contributed by atoms with Gasteiger partial charge in [0.15, 0.2) is 0 Å². The number of hydrogen-bond donors (Lipinski definition) is 9. The van der Waals surface area contributed by atoms with Crippen molar-refractivity contribution in [3.63, 3.8) is 0 Å². The fourth-order valence-electron chi connectivity index (χ4n) is 3.92. The first-order valence-electron chi connectivity index (χ1n) is 12.5. The molecular formula is C25H33N7O9. The largest absolute Gasteiger partial charge is 0.481 e. The highest BCUT2D eigenvalue weighted by molar-refractivity contribution is 5.96. The van der Waals surface area contributed by atoms with Crippen LogP contribution in [0.15, 0.2) is 30.5 Å². The van der Waals surface area contributed by atoms with Gasteiger partial charge in [0.2, 0.25) is 29.5 Å². The molecule has 4 atom stereocenters. The number of nitrogens with two attached hydrogens (primary N) is 3. The summed E-state index contributed by atoms with van der Waals surface area (Å²) in [5.41, 5.74) is 17.4. The Morgan fingerprint density at radius 3 is 2.00 bits per heavy atom. The van der Waals surface area contributed by atoms with E-state index in [0.717, 1.165) is 10.9 Å². The van der Waals surface area contributed by atoms with Gasteiger partial charge in [-0.2, -0.15) is 0 Å². The average molecular weight is 576 g/mol. The molecule has 1 aromatic carbocycles. The van der Waals surface area contributed by atoms with Crippen LogP contribution in [0.3, 0.4) is 0 Å². The second-order valence-corrected chi connectivity index (χ2v) is 9.30. The molecule has 2 rings (SSSR count). The summed E-state index contributed by atoms with van der Waals surface area (Å²) in [6.07, 6.45) is -0.602. The minimum atomic E-state index is -1.61. The summed E-state index contributed by atoms with van der Waals surface area (Å²) in [4.78, 5) is 87.2. The molecule has 1 heterocycles. The fraction of sp³-hybridized carbons (Fsp3) is 0.400. The van der Waals surface area contributed by atoms with E-state index >= 15 is 0 Å². The second-order valence-electron chi connectivity index (χ2n) is 9.30. The molecule has 41 heavy (non-hydrogen) atoms. The number of carboxylic acids is 2. The molecule has 0 aliphatic rings. The summed E-state index contributed by atoms with van der Waals surface area (Å²) < 4.78 is 0. The third-order valence-electron chi connectivity index (χ3n) is 6.07. The molecule has 4 unspecified atom stereocenters. The lowest BCUT2D eigenvalue weighted by atomic mass is 10.0. The number of carboxylic acid groups (broad SMARTS) is 2. The first kappa shape index (κ1) is 32.2. The Labute approximate surface area is 233 Å². The van der Waals surface area contributed by atoms with Crippen molar-refractivity contribution in [2.75, 3.05) is 0 Å². The van der Waals surface area contributed by atoms with E-state index in [1.54, 1.807) is 30.5 Å². The number of amides is 5. The highest BCUT2D eigenvalue weighted by Gasteiger charge is 2.31. The van der Waals surface area contributed by atoms with Gasteiger partial charge in [-0.25, -0.2) is 4.79 Å². The molecular weight excluding hydrogens is 542 g/mol. The van der Waals surface area contributed by atoms with E-state index in [4.69, 9.17) is 22.3 Å². The maximum absolute atomic E-state index is 13.1. The third kappa shape index (κ3) is 10.2. The molecule has 0 aliphatic heterocycles. The van der Waals surface area contributed by atoms with Crippen molar-refractivity contribution < 1.29 is 43.8 Å². The molecule has 12 N–H and O–H groups in total. The predicted molar refractivity (Wildman–Crippen MR) is 143 cm³/mol. The van der Waals surface area contributed by atoms with E-state index in [1.807, 2.05) is 0 Å². The zero-order valence-electron chi connectivity index (χ0n) is 21.9. The number of carbonyl (C=O) groups is 7. The van der Waals surface area contributed by atoms with Gasteiger partial charge >= 0.3 is 11.9 Å². The lowest BCUT2D eigenvalue weighted by molar-refractivity contribution is -0.142. The molecule has 16 nitrogen and oxygen atoms in total. The van der Waals surface area contributed by atoms with Crippen LogP contribution in [0.2, 0.25) is 0 Å². The Morgan fingerprint density at radius 1 is 0.780 bits per heavy atom. The highest BCUT2D eigenvalue weighted by Crippen LogP contribution is 2.19. The van der Waals surface area contributed by atoms with Crippen molar-refractivity contribution in [2.24, 2.45) is 17.2 Å². The van der Waals surface area contributed by atoms with Crippen LogP contribution in [-0.2, 0) is 40.0 Å². The number of fused-ring (bicyclic) bond motifs is 1. The molecule has 0 fully saturated rings. The normalized spacial score (nSPS) is 13.8. The van der Waals surface area contributed by atoms with Crippen LogP contribution in [-0.4, -0.2) is 80.8 Å². The van der Waals surface area contributed by atoms with Gasteiger partial charge in [0, 0.05) is 36.4 Å². The fourth-order valence-corrected chi connectivity index (χ4v) is 3.92. The monoisotopic (exact) mass is 575 g/mol. The van der Waals surface area contributed by atoms with Gasteiger partial charge in [0.25, 0.3) is 0 Å². The van der Waals surface area contributed by atoms with Crippen LogP contribution in [0.5, 0.6) is 0 Å². The summed E-state index contributed by atoms with van der Waals surface area (Å²) in [5, 5.41) is 26.1. The second kappa shape index (κ2) is 15.0. The van der Waals surface area contributed by atoms with Gasteiger partial charge in [-0.3, -0.25) is 28.8 Å². The third-order valence-corrected chi connectivity index (χ3v) is 6.07. The van der Waals surface area contributed by atoms with Crippen molar-refractivity contribution in [1.82, 2.24) is 20.9 Å². The maximum Gasteiger partial charge on any atom is 0.326 e. The number of aromatic amines is 1. The zero-order chi connectivity index (χ0) is 30.7. The lowest BCUT2D eigenvalue weighted by Gasteiger charge is -2.24. The molecule has 5 amide bonds. The first-order valence-corrected chi connectivity index (χ1v) is 12.5. The van der Waals surface area contributed by atoms with Crippen LogP contribution in [0.4, 0.5) is 0 Å². The standard InChI is InChI=1S/C25H33N7O9/c26-14(5-8-21(35)36)22(37)31-17(10-20(28)34)24(39)30-16(6-7-19(27)33)23(38)32-18(25(40)41)9-12-11-29-15-4-2-1-3-13(12)15/h1-4,11,14,16-18,29H,5-10,26H2,(H2,27,33)(H2,28,34)(H,30,39)(H,31,37)(H,32,38)(H,35,36)(H,40,41). The number of para-hydroxylation sites is 1. The van der Waals surface area contributed by atoms with Gasteiger partial charge in [-0.1, -0.05) is 18.2 Å². The quantitative estimate of drug-likeness (QED) is 0.0961.